The highest BCUT2D eigenvalue weighted by molar-refractivity contribution is 6.05. The number of pyridine rings is 2. The molecule has 1 aromatic carbocycles. The third-order valence-electron chi connectivity index (χ3n) is 3.87. The molecule has 0 saturated heterocycles. The summed E-state index contributed by atoms with van der Waals surface area (Å²) in [6.07, 6.45) is -0.191. The smallest absolute Gasteiger partial charge is 0.406 e. The molecule has 0 N–H and O–H groups in total. The number of aryl methyl sites for hydroxylation is 1. The van der Waals surface area contributed by atoms with Gasteiger partial charge >= 0.3 is 6.36 Å². The highest BCUT2D eigenvalue weighted by Crippen LogP contribution is 2.30. The molecule has 26 heavy (non-hydrogen) atoms. The van der Waals surface area contributed by atoms with Crippen molar-refractivity contribution in [2.24, 2.45) is 7.05 Å². The molecule has 132 valence electrons. The molecule has 4 aromatic rings. The molecule has 0 radical (unpaired) electrons. The summed E-state index contributed by atoms with van der Waals surface area (Å²) in [5.41, 5.74) is 0.447. The van der Waals surface area contributed by atoms with E-state index in [-0.39, 0.29) is 11.0 Å². The van der Waals surface area contributed by atoms with Crippen molar-refractivity contribution in [1.82, 2.24) is 19.3 Å². The van der Waals surface area contributed by atoms with Crippen molar-refractivity contribution in [1.29, 1.82) is 0 Å². The van der Waals surface area contributed by atoms with Gasteiger partial charge in [-0.25, -0.2) is 0 Å². The standard InChI is InChI=1S/C17H11F3N4O2/c1-23-9-13-12-5-4-11(26-17(18,19)20)7-14(12)24(16(25)15(13)22-23)10-3-2-6-21-8-10/h2-9H,1H3. The lowest BCUT2D eigenvalue weighted by Gasteiger charge is -2.13. The summed E-state index contributed by atoms with van der Waals surface area (Å²) in [4.78, 5) is 16.9. The van der Waals surface area contributed by atoms with Crippen molar-refractivity contribution in [3.05, 3.63) is 59.3 Å². The molecule has 6 nitrogen and oxygen atoms in total. The van der Waals surface area contributed by atoms with Crippen LogP contribution >= 0.6 is 0 Å². The first kappa shape index (κ1) is 16.1. The van der Waals surface area contributed by atoms with E-state index in [0.29, 0.717) is 16.5 Å². The van der Waals surface area contributed by atoms with Crippen LogP contribution in [0.2, 0.25) is 0 Å². The summed E-state index contributed by atoms with van der Waals surface area (Å²) in [5, 5.41) is 5.30. The molecule has 3 heterocycles. The molecular formula is C17H11F3N4O2. The number of hydrogen-bond donors (Lipinski definition) is 0. The number of hydrogen-bond acceptors (Lipinski definition) is 4. The van der Waals surface area contributed by atoms with Gasteiger partial charge in [-0.1, -0.05) is 0 Å². The van der Waals surface area contributed by atoms with Crippen molar-refractivity contribution in [2.75, 3.05) is 0 Å². The van der Waals surface area contributed by atoms with Crippen LogP contribution in [-0.4, -0.2) is 25.7 Å². The lowest BCUT2D eigenvalue weighted by atomic mass is 10.1. The zero-order valence-electron chi connectivity index (χ0n) is 13.4. The fourth-order valence-electron chi connectivity index (χ4n) is 2.92. The molecule has 0 unspecified atom stereocenters. The van der Waals surface area contributed by atoms with Crippen LogP contribution in [0, 0.1) is 0 Å². The van der Waals surface area contributed by atoms with E-state index in [0.717, 1.165) is 0 Å². The molecule has 3 aromatic heterocycles. The van der Waals surface area contributed by atoms with Crippen LogP contribution in [0.1, 0.15) is 0 Å². The van der Waals surface area contributed by atoms with Gasteiger partial charge in [0, 0.05) is 36.3 Å². The number of rotatable bonds is 2. The second-order valence-electron chi connectivity index (χ2n) is 5.64. The molecule has 0 aliphatic heterocycles. The minimum Gasteiger partial charge on any atom is -0.406 e. The zero-order chi connectivity index (χ0) is 18.5. The first-order valence-electron chi connectivity index (χ1n) is 7.52. The molecule has 0 bridgehead atoms. The fourth-order valence-corrected chi connectivity index (χ4v) is 2.92. The number of fused-ring (bicyclic) bond motifs is 3. The van der Waals surface area contributed by atoms with Crippen molar-refractivity contribution in [3.63, 3.8) is 0 Å². The van der Waals surface area contributed by atoms with E-state index < -0.39 is 17.7 Å². The lowest BCUT2D eigenvalue weighted by molar-refractivity contribution is -0.274. The van der Waals surface area contributed by atoms with Gasteiger partial charge in [-0.2, -0.15) is 5.10 Å². The number of benzene rings is 1. The average Bonchev–Trinajstić information content (AvgIpc) is 2.97. The second kappa shape index (κ2) is 5.58. The number of halogens is 3. The Balaban J connectivity index is 2.12. The van der Waals surface area contributed by atoms with Gasteiger partial charge in [0.05, 0.1) is 17.4 Å². The van der Waals surface area contributed by atoms with Gasteiger partial charge in [0.2, 0.25) is 0 Å². The minimum absolute atomic E-state index is 0.216. The zero-order valence-corrected chi connectivity index (χ0v) is 13.4. The molecule has 0 aliphatic carbocycles. The van der Waals surface area contributed by atoms with Gasteiger partial charge in [0.25, 0.3) is 5.56 Å². The van der Waals surface area contributed by atoms with Gasteiger partial charge < -0.3 is 4.74 Å². The average molecular weight is 360 g/mol. The SMILES string of the molecule is Cn1cc2c(n1)c(=O)n(-c1cccnc1)c1cc(OC(F)(F)F)ccc21. The van der Waals surface area contributed by atoms with Crippen molar-refractivity contribution >= 4 is 21.8 Å². The Kier molecular flexibility index (Phi) is 3.46. The van der Waals surface area contributed by atoms with Crippen LogP contribution < -0.4 is 10.3 Å². The van der Waals surface area contributed by atoms with E-state index in [1.807, 2.05) is 0 Å². The summed E-state index contributed by atoms with van der Waals surface area (Å²) < 4.78 is 44.5. The second-order valence-corrected chi connectivity index (χ2v) is 5.64. The topological polar surface area (TPSA) is 61.9 Å². The van der Waals surface area contributed by atoms with Crippen LogP contribution in [0.5, 0.6) is 5.75 Å². The Morgan fingerprint density at radius 2 is 1.96 bits per heavy atom. The summed E-state index contributed by atoms with van der Waals surface area (Å²) in [6.45, 7) is 0. The van der Waals surface area contributed by atoms with Crippen molar-refractivity contribution < 1.29 is 17.9 Å². The molecule has 0 saturated carbocycles. The van der Waals surface area contributed by atoms with Gasteiger partial charge in [-0.15, -0.1) is 13.2 Å². The molecule has 0 aliphatic rings. The molecule has 0 fully saturated rings. The Hall–Kier alpha value is -3.36. The van der Waals surface area contributed by atoms with E-state index in [2.05, 4.69) is 14.8 Å². The maximum atomic E-state index is 12.9. The van der Waals surface area contributed by atoms with E-state index in [4.69, 9.17) is 0 Å². The summed E-state index contributed by atoms with van der Waals surface area (Å²) >= 11 is 0. The first-order chi connectivity index (χ1) is 12.3. The highest BCUT2D eigenvalue weighted by Gasteiger charge is 2.31. The largest absolute Gasteiger partial charge is 0.573 e. The number of ether oxygens (including phenoxy) is 1. The maximum Gasteiger partial charge on any atom is 0.573 e. The van der Waals surface area contributed by atoms with E-state index in [1.165, 1.54) is 39.8 Å². The van der Waals surface area contributed by atoms with E-state index >= 15 is 0 Å². The molecular weight excluding hydrogens is 349 g/mol. The molecule has 0 amide bonds. The van der Waals surface area contributed by atoms with Gasteiger partial charge in [0.15, 0.2) is 5.52 Å². The third kappa shape index (κ3) is 2.67. The Morgan fingerprint density at radius 1 is 1.15 bits per heavy atom. The first-order valence-corrected chi connectivity index (χ1v) is 7.52. The van der Waals surface area contributed by atoms with Gasteiger partial charge in [0.1, 0.15) is 5.75 Å². The molecule has 0 spiro atoms. The number of alkyl halides is 3. The third-order valence-corrected chi connectivity index (χ3v) is 3.87. The monoisotopic (exact) mass is 360 g/mol. The van der Waals surface area contributed by atoms with Crippen LogP contribution in [0.4, 0.5) is 13.2 Å². The highest BCUT2D eigenvalue weighted by atomic mass is 19.4. The van der Waals surface area contributed by atoms with Gasteiger partial charge in [-0.3, -0.25) is 19.0 Å². The maximum absolute atomic E-state index is 12.9. The van der Waals surface area contributed by atoms with Crippen molar-refractivity contribution in [2.45, 2.75) is 6.36 Å². The molecule has 0 atom stereocenters. The van der Waals surface area contributed by atoms with Crippen LogP contribution in [0.25, 0.3) is 27.5 Å². The normalized spacial score (nSPS) is 12.0. The Morgan fingerprint density at radius 3 is 2.65 bits per heavy atom. The predicted molar refractivity (Wildman–Crippen MR) is 88.3 cm³/mol. The predicted octanol–water partition coefficient (Wildman–Crippen LogP) is 3.17. The minimum atomic E-state index is -4.83. The fraction of sp³-hybridized carbons (Fsp3) is 0.118. The summed E-state index contributed by atoms with van der Waals surface area (Å²) in [7, 11) is 1.67. The van der Waals surface area contributed by atoms with E-state index in [9.17, 15) is 18.0 Å². The number of nitrogens with zero attached hydrogens (tertiary/aromatic N) is 4. The quantitative estimate of drug-likeness (QED) is 0.551. The summed E-state index contributed by atoms with van der Waals surface area (Å²) in [6, 6.07) is 7.14. The van der Waals surface area contributed by atoms with Crippen LogP contribution in [0.3, 0.4) is 0 Å². The summed E-state index contributed by atoms with van der Waals surface area (Å²) in [5.74, 6) is -0.412. The molecule has 9 heteroatoms. The number of aromatic nitrogens is 4. The van der Waals surface area contributed by atoms with Gasteiger partial charge in [-0.05, 0) is 24.3 Å². The lowest BCUT2D eigenvalue weighted by Crippen LogP contribution is -2.20. The van der Waals surface area contributed by atoms with Crippen molar-refractivity contribution in [3.8, 4) is 11.4 Å². The van der Waals surface area contributed by atoms with Crippen LogP contribution in [0.15, 0.2) is 53.7 Å². The van der Waals surface area contributed by atoms with E-state index in [1.54, 1.807) is 25.4 Å². The Labute approximate surface area is 144 Å². The van der Waals surface area contributed by atoms with Crippen LogP contribution in [-0.2, 0) is 7.05 Å². The molecule has 4 rings (SSSR count). The Bertz CT molecular complexity index is 1180.